The van der Waals surface area contributed by atoms with Crippen LogP contribution in [0.1, 0.15) is 29.8 Å². The summed E-state index contributed by atoms with van der Waals surface area (Å²) in [5, 5.41) is 2.43. The van der Waals surface area contributed by atoms with Gasteiger partial charge in [0.1, 0.15) is 22.3 Å². The zero-order chi connectivity index (χ0) is 23.9. The van der Waals surface area contributed by atoms with Gasteiger partial charge in [-0.1, -0.05) is 11.6 Å². The second-order valence-corrected chi connectivity index (χ2v) is 7.79. The van der Waals surface area contributed by atoms with Crippen molar-refractivity contribution in [1.29, 1.82) is 0 Å². The maximum Gasteiger partial charge on any atom is 0.424 e. The predicted molar refractivity (Wildman–Crippen MR) is 110 cm³/mol. The molecule has 0 bridgehead atoms. The highest BCUT2D eigenvalue weighted by atomic mass is 35.5. The molecule has 1 aliphatic heterocycles. The Bertz CT molecular complexity index is 1090. The number of halogens is 5. The Kier molecular flexibility index (Phi) is 6.09. The minimum absolute atomic E-state index is 0.0359. The first-order valence-electron chi connectivity index (χ1n) is 9.19. The van der Waals surface area contributed by atoms with Gasteiger partial charge in [0.25, 0.3) is 5.91 Å². The second-order valence-electron chi connectivity index (χ2n) is 7.43. The maximum atomic E-state index is 14.6. The lowest BCUT2D eigenvalue weighted by atomic mass is 9.89. The number of benzene rings is 1. The molecule has 1 aromatic heterocycles. The van der Waals surface area contributed by atoms with Crippen LogP contribution in [-0.2, 0) is 10.3 Å². The molecule has 1 aliphatic rings. The molecule has 0 fully saturated rings. The van der Waals surface area contributed by atoms with Crippen molar-refractivity contribution in [2.24, 2.45) is 10.7 Å². The van der Waals surface area contributed by atoms with Crippen LogP contribution < -0.4 is 15.8 Å². The first-order chi connectivity index (χ1) is 14.8. The quantitative estimate of drug-likeness (QED) is 0.514. The number of aromatic nitrogens is 1. The summed E-state index contributed by atoms with van der Waals surface area (Å²) >= 11 is 6.00. The van der Waals surface area contributed by atoms with E-state index in [1.807, 2.05) is 0 Å². The number of anilines is 1. The zero-order valence-electron chi connectivity index (χ0n) is 17.2. The van der Waals surface area contributed by atoms with Crippen molar-refractivity contribution in [1.82, 2.24) is 4.98 Å². The number of alkyl halides is 3. The second kappa shape index (κ2) is 8.21. The highest BCUT2D eigenvalue weighted by molar-refractivity contribution is 6.33. The number of aliphatic imine (C=N–C) groups is 1. The number of amides is 1. The minimum Gasteiger partial charge on any atom is -0.481 e. The van der Waals surface area contributed by atoms with E-state index >= 15 is 0 Å². The van der Waals surface area contributed by atoms with Gasteiger partial charge >= 0.3 is 6.18 Å². The summed E-state index contributed by atoms with van der Waals surface area (Å²) in [5.41, 5.74) is 1.31. The average molecular weight is 475 g/mol. The summed E-state index contributed by atoms with van der Waals surface area (Å²) in [6, 6.07) is 6.41. The van der Waals surface area contributed by atoms with Gasteiger partial charge in [-0.25, -0.2) is 9.37 Å². The Morgan fingerprint density at radius 1 is 1.28 bits per heavy atom. The first-order valence-corrected chi connectivity index (χ1v) is 9.57. The Morgan fingerprint density at radius 3 is 2.53 bits per heavy atom. The van der Waals surface area contributed by atoms with E-state index in [-0.39, 0.29) is 27.8 Å². The van der Waals surface area contributed by atoms with Crippen LogP contribution in [0.15, 0.2) is 35.3 Å². The molecule has 3 rings (SSSR count). The minimum atomic E-state index is -4.80. The Hall–Kier alpha value is -2.92. The fraction of sp³-hybridized carbons (Fsp3) is 0.350. The zero-order valence-corrected chi connectivity index (χ0v) is 17.9. The number of nitrogens with one attached hydrogen (secondary N) is 1. The van der Waals surface area contributed by atoms with Crippen molar-refractivity contribution < 1.29 is 31.8 Å². The molecule has 1 aromatic carbocycles. The van der Waals surface area contributed by atoms with E-state index in [0.717, 1.165) is 13.0 Å². The smallest absolute Gasteiger partial charge is 0.424 e. The first kappa shape index (κ1) is 23.7. The molecular formula is C20H19ClF4N4O3. The number of ether oxygens (including phenoxy) is 2. The van der Waals surface area contributed by atoms with E-state index in [2.05, 4.69) is 15.3 Å². The molecule has 0 spiro atoms. The summed E-state index contributed by atoms with van der Waals surface area (Å²) in [6.07, 6.45) is -4.80. The van der Waals surface area contributed by atoms with Crippen LogP contribution in [0.2, 0.25) is 5.15 Å². The molecule has 2 aromatic rings. The number of hydrogen-bond donors (Lipinski definition) is 2. The average Bonchev–Trinajstić information content (AvgIpc) is 2.71. The standard InChI is InChI=1S/C20H19ClF4N4O3/c1-18(9-32-19(2,17(26)29-18)20(23,24)25)12-8-10(4-6-13(12)22)27-16(30)11-5-7-14(31-3)28-15(11)21/h4-8H,9H2,1-3H3,(H2,26,29)(H,27,30). The third kappa shape index (κ3) is 4.22. The van der Waals surface area contributed by atoms with E-state index < -0.39 is 41.5 Å². The van der Waals surface area contributed by atoms with Crippen molar-refractivity contribution in [2.75, 3.05) is 19.0 Å². The number of methoxy groups -OCH3 is 1. The van der Waals surface area contributed by atoms with Gasteiger partial charge in [-0.3, -0.25) is 9.79 Å². The fourth-order valence-corrected chi connectivity index (χ4v) is 3.28. The highest BCUT2D eigenvalue weighted by Gasteiger charge is 2.59. The number of amidine groups is 1. The predicted octanol–water partition coefficient (Wildman–Crippen LogP) is 4.06. The molecule has 0 aliphatic carbocycles. The van der Waals surface area contributed by atoms with Gasteiger partial charge in [-0.15, -0.1) is 0 Å². The van der Waals surface area contributed by atoms with E-state index in [1.54, 1.807) is 0 Å². The molecular weight excluding hydrogens is 456 g/mol. The van der Waals surface area contributed by atoms with Gasteiger partial charge in [0.15, 0.2) is 0 Å². The maximum absolute atomic E-state index is 14.6. The summed E-state index contributed by atoms with van der Waals surface area (Å²) in [6.45, 7) is 1.54. The van der Waals surface area contributed by atoms with Crippen molar-refractivity contribution in [3.8, 4) is 5.88 Å². The van der Waals surface area contributed by atoms with Crippen LogP contribution >= 0.6 is 11.6 Å². The molecule has 0 saturated heterocycles. The number of nitrogens with zero attached hydrogens (tertiary/aromatic N) is 2. The Morgan fingerprint density at radius 2 is 1.97 bits per heavy atom. The molecule has 2 heterocycles. The number of nitrogens with two attached hydrogens (primary N) is 1. The lowest BCUT2D eigenvalue weighted by Gasteiger charge is -2.41. The molecule has 32 heavy (non-hydrogen) atoms. The lowest BCUT2D eigenvalue weighted by molar-refractivity contribution is -0.249. The van der Waals surface area contributed by atoms with Gasteiger partial charge in [-0.2, -0.15) is 13.2 Å². The summed E-state index contributed by atoms with van der Waals surface area (Å²) < 4.78 is 64.5. The molecule has 2 atom stereocenters. The molecule has 2 unspecified atom stereocenters. The fourth-order valence-electron chi connectivity index (χ4n) is 3.04. The number of pyridine rings is 1. The Labute approximate surface area is 185 Å². The van der Waals surface area contributed by atoms with Crippen LogP contribution in [-0.4, -0.2) is 42.2 Å². The number of rotatable bonds is 4. The summed E-state index contributed by atoms with van der Waals surface area (Å²) in [5.74, 6) is -2.02. The van der Waals surface area contributed by atoms with Crippen LogP contribution in [0.25, 0.3) is 0 Å². The van der Waals surface area contributed by atoms with Gasteiger partial charge < -0.3 is 20.5 Å². The highest BCUT2D eigenvalue weighted by Crippen LogP contribution is 2.41. The number of hydrogen-bond acceptors (Lipinski definition) is 6. The number of carbonyl (C=O) groups excluding carboxylic acids is 1. The van der Waals surface area contributed by atoms with Crippen molar-refractivity contribution >= 4 is 29.0 Å². The largest absolute Gasteiger partial charge is 0.481 e. The molecule has 1 amide bonds. The van der Waals surface area contributed by atoms with Gasteiger partial charge in [0.2, 0.25) is 11.5 Å². The van der Waals surface area contributed by atoms with Crippen molar-refractivity contribution in [3.63, 3.8) is 0 Å². The molecule has 0 radical (unpaired) electrons. The van der Waals surface area contributed by atoms with Crippen LogP contribution in [0.5, 0.6) is 5.88 Å². The molecule has 172 valence electrons. The van der Waals surface area contributed by atoms with E-state index in [1.165, 1.54) is 38.3 Å². The summed E-state index contributed by atoms with van der Waals surface area (Å²) in [4.78, 5) is 20.4. The van der Waals surface area contributed by atoms with Crippen LogP contribution in [0.3, 0.4) is 0 Å². The van der Waals surface area contributed by atoms with Crippen LogP contribution in [0.4, 0.5) is 23.2 Å². The van der Waals surface area contributed by atoms with Crippen molar-refractivity contribution in [2.45, 2.75) is 31.2 Å². The Balaban J connectivity index is 1.92. The number of carbonyl (C=O) groups is 1. The van der Waals surface area contributed by atoms with Crippen molar-refractivity contribution in [3.05, 3.63) is 52.4 Å². The SMILES string of the molecule is COc1ccc(C(=O)Nc2ccc(F)c(C3(C)COC(C)(C(F)(F)F)C(N)=N3)c2)c(Cl)n1. The normalized spacial score (nSPS) is 23.4. The molecule has 3 N–H and O–H groups in total. The van der Waals surface area contributed by atoms with Gasteiger partial charge in [0, 0.05) is 17.3 Å². The molecule has 0 saturated carbocycles. The molecule has 12 heteroatoms. The molecule has 7 nitrogen and oxygen atoms in total. The lowest BCUT2D eigenvalue weighted by Crippen LogP contribution is -2.60. The summed E-state index contributed by atoms with van der Waals surface area (Å²) in [7, 11) is 1.39. The van der Waals surface area contributed by atoms with E-state index in [4.69, 9.17) is 26.8 Å². The topological polar surface area (TPSA) is 98.8 Å². The van der Waals surface area contributed by atoms with Gasteiger partial charge in [-0.05, 0) is 38.1 Å². The van der Waals surface area contributed by atoms with E-state index in [0.29, 0.717) is 0 Å². The third-order valence-corrected chi connectivity index (χ3v) is 5.41. The third-order valence-electron chi connectivity index (χ3n) is 5.12. The monoisotopic (exact) mass is 474 g/mol. The van der Waals surface area contributed by atoms with Gasteiger partial charge in [0.05, 0.1) is 19.3 Å². The van der Waals surface area contributed by atoms with E-state index in [9.17, 15) is 22.4 Å². The van der Waals surface area contributed by atoms with Crippen LogP contribution in [0, 0.1) is 5.82 Å².